The van der Waals surface area contributed by atoms with Crippen LogP contribution in [-0.2, 0) is 0 Å². The molecule has 0 aliphatic carbocycles. The lowest BCUT2D eigenvalue weighted by Crippen LogP contribution is -2.46. The van der Waals surface area contributed by atoms with E-state index in [0.29, 0.717) is 12.1 Å². The van der Waals surface area contributed by atoms with Crippen molar-refractivity contribution in [1.82, 2.24) is 10.2 Å². The molecule has 110 valence electrons. The highest BCUT2D eigenvalue weighted by atomic mass is 79.9. The number of hydrogen-bond acceptors (Lipinski definition) is 2. The zero-order valence-electron chi connectivity index (χ0n) is 12.4. The molecule has 4 heteroatoms. The summed E-state index contributed by atoms with van der Waals surface area (Å²) in [7, 11) is 0. The second-order valence-corrected chi connectivity index (χ2v) is 6.64. The molecule has 1 aromatic rings. The van der Waals surface area contributed by atoms with Gasteiger partial charge < -0.3 is 10.2 Å². The van der Waals surface area contributed by atoms with Gasteiger partial charge in [0, 0.05) is 35.2 Å². The van der Waals surface area contributed by atoms with Crippen LogP contribution in [0.25, 0.3) is 0 Å². The summed E-state index contributed by atoms with van der Waals surface area (Å²) in [5.74, 6) is 0.0480. The maximum absolute atomic E-state index is 12.4. The van der Waals surface area contributed by atoms with Gasteiger partial charge in [-0.15, -0.1) is 0 Å². The molecule has 1 N–H and O–H groups in total. The van der Waals surface area contributed by atoms with Crippen LogP contribution in [0.5, 0.6) is 0 Å². The Labute approximate surface area is 129 Å². The van der Waals surface area contributed by atoms with E-state index in [1.807, 2.05) is 25.1 Å². The van der Waals surface area contributed by atoms with Gasteiger partial charge in [-0.25, -0.2) is 0 Å². The van der Waals surface area contributed by atoms with E-state index in [2.05, 4.69) is 40.0 Å². The van der Waals surface area contributed by atoms with Gasteiger partial charge >= 0.3 is 0 Å². The van der Waals surface area contributed by atoms with Crippen LogP contribution >= 0.6 is 15.9 Å². The molecule has 0 spiro atoms. The van der Waals surface area contributed by atoms with Crippen LogP contribution in [0, 0.1) is 6.92 Å². The van der Waals surface area contributed by atoms with Gasteiger partial charge in [0.2, 0.25) is 0 Å². The normalized spacial score (nSPS) is 17.4. The summed E-state index contributed by atoms with van der Waals surface area (Å²) < 4.78 is 0.986. The quantitative estimate of drug-likeness (QED) is 0.916. The lowest BCUT2D eigenvalue weighted by atomic mass is 10.0. The maximum atomic E-state index is 12.4. The number of hydrogen-bond donors (Lipinski definition) is 1. The molecule has 0 atom stereocenters. The summed E-state index contributed by atoms with van der Waals surface area (Å²) in [5, 5.41) is 3.18. The number of rotatable bonds is 3. The molecule has 0 bridgehead atoms. The topological polar surface area (TPSA) is 32.3 Å². The van der Waals surface area contributed by atoms with Gasteiger partial charge in [0.15, 0.2) is 0 Å². The van der Waals surface area contributed by atoms with Gasteiger partial charge in [0.1, 0.15) is 0 Å². The van der Waals surface area contributed by atoms with Gasteiger partial charge in [-0.05, 0) is 51.3 Å². The van der Waals surface area contributed by atoms with Gasteiger partial charge in [0.25, 0.3) is 5.91 Å². The Hall–Kier alpha value is -0.870. The number of nitrogens with one attached hydrogen (secondary N) is 1. The minimum atomic E-state index is 0.0480. The first kappa shape index (κ1) is 15.5. The third-order valence-corrected chi connectivity index (χ3v) is 4.97. The van der Waals surface area contributed by atoms with Crippen molar-refractivity contribution < 1.29 is 4.79 Å². The van der Waals surface area contributed by atoms with Crippen LogP contribution in [0.4, 0.5) is 0 Å². The molecule has 0 aromatic heterocycles. The first-order valence-electron chi connectivity index (χ1n) is 7.29. The minimum Gasteiger partial charge on any atom is -0.349 e. The molecule has 1 heterocycles. The third kappa shape index (κ3) is 3.61. The lowest BCUT2D eigenvalue weighted by molar-refractivity contribution is 0.0900. The largest absolute Gasteiger partial charge is 0.349 e. The average Bonchev–Trinajstić information content (AvgIpc) is 2.42. The molecule has 1 aliphatic rings. The molecular formula is C16H23BrN2O. The van der Waals surface area contributed by atoms with Crippen LogP contribution in [0.3, 0.4) is 0 Å². The van der Waals surface area contributed by atoms with E-state index >= 15 is 0 Å². The lowest BCUT2D eigenvalue weighted by Gasteiger charge is -2.34. The van der Waals surface area contributed by atoms with Gasteiger partial charge in [-0.1, -0.05) is 22.0 Å². The Balaban J connectivity index is 1.94. The maximum Gasteiger partial charge on any atom is 0.251 e. The van der Waals surface area contributed by atoms with E-state index in [1.54, 1.807) is 0 Å². The average molecular weight is 339 g/mol. The SMILES string of the molecule is Cc1c(Br)cccc1C(=O)NC1CCN(C(C)C)CC1. The van der Waals surface area contributed by atoms with Crippen LogP contribution in [0.1, 0.15) is 42.6 Å². The summed E-state index contributed by atoms with van der Waals surface area (Å²) in [4.78, 5) is 14.8. The van der Waals surface area contributed by atoms with Gasteiger partial charge in [-0.3, -0.25) is 4.79 Å². The van der Waals surface area contributed by atoms with E-state index in [1.165, 1.54) is 0 Å². The molecule has 1 aromatic carbocycles. The highest BCUT2D eigenvalue weighted by Gasteiger charge is 2.22. The van der Waals surface area contributed by atoms with E-state index in [4.69, 9.17) is 0 Å². The molecule has 20 heavy (non-hydrogen) atoms. The Morgan fingerprint density at radius 2 is 2.00 bits per heavy atom. The minimum absolute atomic E-state index is 0.0480. The number of piperidine rings is 1. The number of benzene rings is 1. The monoisotopic (exact) mass is 338 g/mol. The highest BCUT2D eigenvalue weighted by molar-refractivity contribution is 9.10. The van der Waals surface area contributed by atoms with Gasteiger partial charge in [0.05, 0.1) is 0 Å². The molecule has 1 amide bonds. The Bertz CT molecular complexity index is 479. The smallest absolute Gasteiger partial charge is 0.251 e. The summed E-state index contributed by atoms with van der Waals surface area (Å²) >= 11 is 3.48. The third-order valence-electron chi connectivity index (χ3n) is 4.11. The zero-order valence-corrected chi connectivity index (χ0v) is 14.0. The van der Waals surface area contributed by atoms with Crippen molar-refractivity contribution in [3.63, 3.8) is 0 Å². The first-order chi connectivity index (χ1) is 9.49. The predicted octanol–water partition coefficient (Wildman–Crippen LogP) is 3.36. The van der Waals surface area contributed by atoms with Crippen LogP contribution in [0.15, 0.2) is 22.7 Å². The number of halogens is 1. The van der Waals surface area contributed by atoms with Crippen molar-refractivity contribution in [1.29, 1.82) is 0 Å². The van der Waals surface area contributed by atoms with Crippen LogP contribution < -0.4 is 5.32 Å². The predicted molar refractivity (Wildman–Crippen MR) is 86.1 cm³/mol. The summed E-state index contributed by atoms with van der Waals surface area (Å²) in [6.07, 6.45) is 2.08. The Kier molecular flexibility index (Phi) is 5.22. The molecule has 1 aliphatic heterocycles. The Morgan fingerprint density at radius 1 is 1.35 bits per heavy atom. The number of likely N-dealkylation sites (tertiary alicyclic amines) is 1. The fourth-order valence-electron chi connectivity index (χ4n) is 2.68. The highest BCUT2D eigenvalue weighted by Crippen LogP contribution is 2.20. The number of nitrogens with zero attached hydrogens (tertiary/aromatic N) is 1. The Morgan fingerprint density at radius 3 is 2.60 bits per heavy atom. The second-order valence-electron chi connectivity index (χ2n) is 5.79. The molecular weight excluding hydrogens is 316 g/mol. The molecule has 0 radical (unpaired) electrons. The van der Waals surface area contributed by atoms with Crippen molar-refractivity contribution in [2.24, 2.45) is 0 Å². The number of amides is 1. The van der Waals surface area contributed by atoms with Gasteiger partial charge in [-0.2, -0.15) is 0 Å². The standard InChI is InChI=1S/C16H23BrN2O/c1-11(2)19-9-7-13(8-10-19)18-16(20)14-5-4-6-15(17)12(14)3/h4-6,11,13H,7-10H2,1-3H3,(H,18,20). The second kappa shape index (κ2) is 6.72. The first-order valence-corrected chi connectivity index (χ1v) is 8.08. The molecule has 2 rings (SSSR count). The van der Waals surface area contributed by atoms with Crippen molar-refractivity contribution in [2.45, 2.75) is 45.7 Å². The van der Waals surface area contributed by atoms with E-state index in [-0.39, 0.29) is 5.91 Å². The zero-order chi connectivity index (χ0) is 14.7. The van der Waals surface area contributed by atoms with E-state index in [0.717, 1.165) is 41.5 Å². The summed E-state index contributed by atoms with van der Waals surface area (Å²) in [6, 6.07) is 6.66. The fraction of sp³-hybridized carbons (Fsp3) is 0.562. The fourth-order valence-corrected chi connectivity index (χ4v) is 3.04. The van der Waals surface area contributed by atoms with Crippen molar-refractivity contribution in [3.05, 3.63) is 33.8 Å². The molecule has 0 saturated carbocycles. The van der Waals surface area contributed by atoms with Crippen molar-refractivity contribution in [2.75, 3.05) is 13.1 Å². The summed E-state index contributed by atoms with van der Waals surface area (Å²) in [5.41, 5.74) is 1.77. The van der Waals surface area contributed by atoms with E-state index < -0.39 is 0 Å². The molecule has 1 fully saturated rings. The molecule has 1 saturated heterocycles. The van der Waals surface area contributed by atoms with Crippen molar-refractivity contribution >= 4 is 21.8 Å². The number of carbonyl (C=O) groups excluding carboxylic acids is 1. The van der Waals surface area contributed by atoms with E-state index in [9.17, 15) is 4.79 Å². The molecule has 0 unspecified atom stereocenters. The van der Waals surface area contributed by atoms with Crippen LogP contribution in [0.2, 0.25) is 0 Å². The number of carbonyl (C=O) groups is 1. The van der Waals surface area contributed by atoms with Crippen LogP contribution in [-0.4, -0.2) is 36.0 Å². The molecule has 3 nitrogen and oxygen atoms in total. The van der Waals surface area contributed by atoms with Crippen molar-refractivity contribution in [3.8, 4) is 0 Å². The summed E-state index contributed by atoms with van der Waals surface area (Å²) in [6.45, 7) is 8.56.